The van der Waals surface area contributed by atoms with Gasteiger partial charge in [-0.2, -0.15) is 0 Å². The zero-order chi connectivity index (χ0) is 13.3. The Morgan fingerprint density at radius 2 is 1.05 bits per heavy atom. The summed E-state index contributed by atoms with van der Waals surface area (Å²) in [6.45, 7) is 4.96. The van der Waals surface area contributed by atoms with Crippen LogP contribution < -0.4 is 17.7 Å². The molecule has 3 heteroatoms. The largest absolute Gasteiger partial charge is 1.00 e. The highest BCUT2D eigenvalue weighted by Crippen LogP contribution is 2.10. The van der Waals surface area contributed by atoms with Gasteiger partial charge in [0, 0.05) is 13.0 Å². The molecular weight excluding hydrogens is 258 g/mol. The molecule has 0 atom stereocenters. The maximum Gasteiger partial charge on any atom is 0.0777 e. The number of halogens is 1. The normalized spacial score (nSPS) is 10.4. The van der Waals surface area contributed by atoms with Gasteiger partial charge < -0.3 is 22.8 Å². The minimum absolute atomic E-state index is 0. The number of nitrogens with two attached hydrogens (primary N) is 1. The quantitative estimate of drug-likeness (QED) is 0.417. The summed E-state index contributed by atoms with van der Waals surface area (Å²) in [5, 5.41) is 11.0. The van der Waals surface area contributed by atoms with E-state index in [2.05, 4.69) is 12.2 Å². The number of unbranched alkanes of at least 4 members (excludes halogenated alkanes) is 10. The van der Waals surface area contributed by atoms with Gasteiger partial charge in [0.1, 0.15) is 0 Å². The summed E-state index contributed by atoms with van der Waals surface area (Å²) in [5.41, 5.74) is 0. The van der Waals surface area contributed by atoms with Gasteiger partial charge in [-0.25, -0.2) is 0 Å². The first kappa shape index (κ1) is 21.5. The third-order valence-corrected chi connectivity index (χ3v) is 3.58. The Hall–Kier alpha value is 0.210. The molecule has 0 aromatic heterocycles. The monoisotopic (exact) mass is 293 g/mol. The van der Waals surface area contributed by atoms with Gasteiger partial charge in [0.2, 0.25) is 0 Å². The first-order chi connectivity index (χ1) is 8.91. The van der Waals surface area contributed by atoms with Crippen LogP contribution in [0.3, 0.4) is 0 Å². The molecule has 0 saturated heterocycles. The fourth-order valence-corrected chi connectivity index (χ4v) is 2.33. The van der Waals surface area contributed by atoms with Gasteiger partial charge in [0.05, 0.1) is 13.1 Å². The van der Waals surface area contributed by atoms with Crippen molar-refractivity contribution in [2.75, 3.05) is 19.7 Å². The highest BCUT2D eigenvalue weighted by atomic mass is 35.5. The highest BCUT2D eigenvalue weighted by molar-refractivity contribution is 4.47. The van der Waals surface area contributed by atoms with Crippen LogP contribution in [0, 0.1) is 0 Å². The van der Waals surface area contributed by atoms with Gasteiger partial charge in [-0.3, -0.25) is 0 Å². The first-order valence-electron chi connectivity index (χ1n) is 8.34. The predicted octanol–water partition coefficient (Wildman–Crippen LogP) is 0.247. The van der Waals surface area contributed by atoms with Gasteiger partial charge in [0.15, 0.2) is 0 Å². The molecule has 0 bridgehead atoms. The minimum atomic E-state index is 0. The maximum atomic E-state index is 8.64. The van der Waals surface area contributed by atoms with Crippen LogP contribution in [0.4, 0.5) is 0 Å². The lowest BCUT2D eigenvalue weighted by Gasteiger charge is -2.02. The van der Waals surface area contributed by atoms with E-state index >= 15 is 0 Å². The van der Waals surface area contributed by atoms with Crippen LogP contribution >= 0.6 is 0 Å². The number of rotatable bonds is 15. The van der Waals surface area contributed by atoms with Crippen molar-refractivity contribution >= 4 is 0 Å². The average molecular weight is 294 g/mol. The molecule has 0 aliphatic carbocycles. The van der Waals surface area contributed by atoms with E-state index in [1.54, 1.807) is 0 Å². The summed E-state index contributed by atoms with van der Waals surface area (Å²) in [4.78, 5) is 0. The van der Waals surface area contributed by atoms with Gasteiger partial charge in [-0.1, -0.05) is 64.7 Å². The second-order valence-electron chi connectivity index (χ2n) is 5.48. The Morgan fingerprint density at radius 3 is 1.53 bits per heavy atom. The maximum absolute atomic E-state index is 8.64. The van der Waals surface area contributed by atoms with E-state index in [0.717, 1.165) is 13.0 Å². The topological polar surface area (TPSA) is 36.8 Å². The van der Waals surface area contributed by atoms with Crippen molar-refractivity contribution in [1.29, 1.82) is 0 Å². The molecule has 0 unspecified atom stereocenters. The lowest BCUT2D eigenvalue weighted by atomic mass is 10.1. The number of quaternary nitrogens is 1. The molecule has 19 heavy (non-hydrogen) atoms. The molecule has 0 heterocycles. The van der Waals surface area contributed by atoms with Crippen LogP contribution in [-0.2, 0) is 0 Å². The summed E-state index contributed by atoms with van der Waals surface area (Å²) in [5.74, 6) is 0. The van der Waals surface area contributed by atoms with Crippen LogP contribution in [0.25, 0.3) is 0 Å². The molecule has 2 nitrogen and oxygen atoms in total. The molecule has 0 rings (SSSR count). The second kappa shape index (κ2) is 20.5. The lowest BCUT2D eigenvalue weighted by molar-refractivity contribution is -0.655. The Labute approximate surface area is 127 Å². The van der Waals surface area contributed by atoms with E-state index in [-0.39, 0.29) is 12.4 Å². The molecule has 3 N–H and O–H groups in total. The number of aliphatic hydroxyl groups excluding tert-OH is 1. The Bertz CT molecular complexity index is 129. The zero-order valence-corrected chi connectivity index (χ0v) is 13.8. The van der Waals surface area contributed by atoms with Crippen LogP contribution in [-0.4, -0.2) is 24.8 Å². The number of hydrogen-bond acceptors (Lipinski definition) is 1. The molecule has 0 saturated carbocycles. The number of hydrogen-bond donors (Lipinski definition) is 2. The van der Waals surface area contributed by atoms with Gasteiger partial charge >= 0.3 is 0 Å². The smallest absolute Gasteiger partial charge is 0.0777 e. The molecule has 0 amide bonds. The van der Waals surface area contributed by atoms with Crippen molar-refractivity contribution < 1.29 is 22.8 Å². The second-order valence-corrected chi connectivity index (χ2v) is 5.48. The van der Waals surface area contributed by atoms with Crippen LogP contribution in [0.2, 0.25) is 0 Å². The highest BCUT2D eigenvalue weighted by Gasteiger charge is 1.94. The van der Waals surface area contributed by atoms with E-state index in [0.29, 0.717) is 6.61 Å². The molecule has 0 radical (unpaired) electrons. The third-order valence-electron chi connectivity index (χ3n) is 3.58. The van der Waals surface area contributed by atoms with Crippen molar-refractivity contribution in [3.63, 3.8) is 0 Å². The summed E-state index contributed by atoms with van der Waals surface area (Å²) in [6.07, 6.45) is 16.6. The van der Waals surface area contributed by atoms with E-state index in [1.807, 2.05) is 0 Å². The first-order valence-corrected chi connectivity index (χ1v) is 8.34. The van der Waals surface area contributed by atoms with Gasteiger partial charge in [-0.05, 0) is 12.8 Å². The molecule has 0 spiro atoms. The molecular formula is C16H36ClNO. The minimum Gasteiger partial charge on any atom is -1.00 e. The van der Waals surface area contributed by atoms with E-state index in [9.17, 15) is 0 Å². The zero-order valence-electron chi connectivity index (χ0n) is 13.0. The molecule has 0 aliphatic heterocycles. The van der Waals surface area contributed by atoms with Crippen LogP contribution in [0.1, 0.15) is 84.0 Å². The van der Waals surface area contributed by atoms with E-state index in [4.69, 9.17) is 5.11 Å². The van der Waals surface area contributed by atoms with Crippen molar-refractivity contribution in [3.05, 3.63) is 0 Å². The Kier molecular flexibility index (Phi) is 23.2. The fourth-order valence-electron chi connectivity index (χ4n) is 2.33. The van der Waals surface area contributed by atoms with Crippen molar-refractivity contribution in [2.24, 2.45) is 0 Å². The molecule has 118 valence electrons. The predicted molar refractivity (Wildman–Crippen MR) is 79.8 cm³/mol. The molecule has 0 aliphatic rings. The van der Waals surface area contributed by atoms with Crippen LogP contribution in [0.15, 0.2) is 0 Å². The molecule has 0 fully saturated rings. The molecule has 0 aromatic carbocycles. The van der Waals surface area contributed by atoms with E-state index < -0.39 is 0 Å². The summed E-state index contributed by atoms with van der Waals surface area (Å²) < 4.78 is 0. The van der Waals surface area contributed by atoms with Gasteiger partial charge in [0.25, 0.3) is 0 Å². The third kappa shape index (κ3) is 20.7. The van der Waals surface area contributed by atoms with Gasteiger partial charge in [-0.15, -0.1) is 0 Å². The fraction of sp³-hybridized carbons (Fsp3) is 1.00. The Balaban J connectivity index is 0. The summed E-state index contributed by atoms with van der Waals surface area (Å²) >= 11 is 0. The summed E-state index contributed by atoms with van der Waals surface area (Å²) in [7, 11) is 0. The lowest BCUT2D eigenvalue weighted by Crippen LogP contribution is -3.00. The molecule has 0 aromatic rings. The number of aliphatic hydroxyl groups is 1. The van der Waals surface area contributed by atoms with Crippen molar-refractivity contribution in [1.82, 2.24) is 0 Å². The average Bonchev–Trinajstić information content (AvgIpc) is 2.39. The standard InChI is InChI=1S/C16H35NO.ClH/c1-2-3-4-5-6-7-8-9-10-11-12-14-17-15-13-16-18;/h17-18H,2-16H2,1H3;1H. The van der Waals surface area contributed by atoms with E-state index in [1.165, 1.54) is 77.2 Å². The summed E-state index contributed by atoms with van der Waals surface area (Å²) in [6, 6.07) is 0. The van der Waals surface area contributed by atoms with Crippen molar-refractivity contribution in [3.8, 4) is 0 Å². The van der Waals surface area contributed by atoms with Crippen LogP contribution in [0.5, 0.6) is 0 Å². The SMILES string of the molecule is CCCCCCCCCCCCC[NH2+]CCCO.[Cl-]. The Morgan fingerprint density at radius 1 is 0.632 bits per heavy atom. The van der Waals surface area contributed by atoms with Crippen molar-refractivity contribution in [2.45, 2.75) is 84.0 Å².